The molecule has 202 valence electrons. The van der Waals surface area contributed by atoms with Gasteiger partial charge in [0.1, 0.15) is 24.6 Å². The normalized spacial score (nSPS) is 17.7. The summed E-state index contributed by atoms with van der Waals surface area (Å²) >= 11 is 5.77. The van der Waals surface area contributed by atoms with Crippen molar-refractivity contribution < 1.29 is 37.5 Å². The molecule has 4 rings (SSSR count). The Morgan fingerprint density at radius 1 is 1.21 bits per heavy atom. The van der Waals surface area contributed by atoms with Gasteiger partial charge in [0, 0.05) is 41.2 Å². The number of Topliss-reactive ketones (excluding diaryl/α,β-unsaturated/α-hetero) is 1. The number of carbonyl (C=O) groups is 3. The maximum Gasteiger partial charge on any atom is 0.329 e. The first-order valence-electron chi connectivity index (χ1n) is 11.7. The number of aromatic nitrogens is 1. The van der Waals surface area contributed by atoms with Gasteiger partial charge in [-0.2, -0.15) is 0 Å². The highest BCUT2D eigenvalue weighted by Gasteiger charge is 2.39. The molecule has 0 radical (unpaired) electrons. The van der Waals surface area contributed by atoms with E-state index in [0.717, 1.165) is 4.90 Å². The second-order valence-corrected chi connectivity index (χ2v) is 11.3. The van der Waals surface area contributed by atoms with Gasteiger partial charge < -0.3 is 24.6 Å². The monoisotopic (exact) mass is 567 g/mol. The van der Waals surface area contributed by atoms with E-state index < -0.39 is 43.6 Å². The van der Waals surface area contributed by atoms with Crippen LogP contribution in [0, 0.1) is 5.82 Å². The van der Waals surface area contributed by atoms with Gasteiger partial charge in [-0.05, 0) is 24.6 Å². The Bertz CT molecular complexity index is 1470. The number of hydrogen-bond donors (Lipinski definition) is 3. The van der Waals surface area contributed by atoms with Crippen molar-refractivity contribution in [1.29, 1.82) is 0 Å². The van der Waals surface area contributed by atoms with Crippen LogP contribution in [0.1, 0.15) is 34.8 Å². The van der Waals surface area contributed by atoms with Gasteiger partial charge in [-0.25, -0.2) is 8.78 Å². The van der Waals surface area contributed by atoms with E-state index >= 15 is 0 Å². The number of ketones is 1. The molecule has 0 bridgehead atoms. The first kappa shape index (κ1) is 27.9. The summed E-state index contributed by atoms with van der Waals surface area (Å²) in [4.78, 5) is 58.1. The van der Waals surface area contributed by atoms with Crippen LogP contribution in [0.25, 0.3) is 10.9 Å². The van der Waals surface area contributed by atoms with Crippen LogP contribution >= 0.6 is 19.2 Å². The largest absolute Gasteiger partial charge is 0.350 e. The molecule has 1 saturated heterocycles. The number of fused-ring (bicyclic) bond motifs is 1. The van der Waals surface area contributed by atoms with E-state index in [1.54, 1.807) is 6.07 Å². The Kier molecular flexibility index (Phi) is 8.04. The van der Waals surface area contributed by atoms with Crippen LogP contribution in [-0.4, -0.2) is 55.6 Å². The molecule has 0 spiro atoms. The van der Waals surface area contributed by atoms with Crippen LogP contribution < -0.4 is 5.32 Å². The molecule has 3 aromatic rings. The number of carbonyl (C=O) groups excluding carboxylic acids is 3. The third-order valence-corrected chi connectivity index (χ3v) is 7.45. The average molecular weight is 568 g/mol. The number of halogens is 3. The summed E-state index contributed by atoms with van der Waals surface area (Å²) in [5, 5.41) is 2.92. The smallest absolute Gasteiger partial charge is 0.329 e. The lowest BCUT2D eigenvalue weighted by Gasteiger charge is -2.24. The highest BCUT2D eigenvalue weighted by atomic mass is 35.5. The minimum absolute atomic E-state index is 0.105. The summed E-state index contributed by atoms with van der Waals surface area (Å²) in [6.07, 6.45) is -0.747. The van der Waals surface area contributed by atoms with Gasteiger partial charge in [-0.1, -0.05) is 35.9 Å². The fourth-order valence-corrected chi connectivity index (χ4v) is 5.48. The highest BCUT2D eigenvalue weighted by Crippen LogP contribution is 2.40. The fourth-order valence-electron chi connectivity index (χ4n) is 4.62. The predicted molar refractivity (Wildman–Crippen MR) is 136 cm³/mol. The highest BCUT2D eigenvalue weighted by molar-refractivity contribution is 7.50. The second kappa shape index (κ2) is 10.9. The molecular weight excluding hydrogens is 543 g/mol. The average Bonchev–Trinajstić information content (AvgIpc) is 3.39. The molecule has 0 aliphatic carbocycles. The number of benzene rings is 2. The van der Waals surface area contributed by atoms with E-state index in [0.29, 0.717) is 22.0 Å². The minimum Gasteiger partial charge on any atom is -0.350 e. The fraction of sp³-hybridized carbons (Fsp3) is 0.320. The number of alkyl halides is 1. The first-order valence-corrected chi connectivity index (χ1v) is 13.8. The van der Waals surface area contributed by atoms with Gasteiger partial charge in [0.05, 0.1) is 17.7 Å². The zero-order chi connectivity index (χ0) is 27.8. The van der Waals surface area contributed by atoms with E-state index in [4.69, 9.17) is 11.6 Å². The molecule has 1 aliphatic rings. The van der Waals surface area contributed by atoms with E-state index in [2.05, 4.69) is 5.32 Å². The van der Waals surface area contributed by atoms with Crippen molar-refractivity contribution in [1.82, 2.24) is 14.8 Å². The van der Waals surface area contributed by atoms with E-state index in [1.807, 2.05) is 0 Å². The van der Waals surface area contributed by atoms with Gasteiger partial charge >= 0.3 is 7.60 Å². The lowest BCUT2D eigenvalue weighted by Crippen LogP contribution is -2.46. The van der Waals surface area contributed by atoms with E-state index in [9.17, 15) is 37.5 Å². The van der Waals surface area contributed by atoms with Gasteiger partial charge in [0.2, 0.25) is 11.8 Å². The molecule has 3 N–H and O–H groups in total. The van der Waals surface area contributed by atoms with Crippen LogP contribution in [0.2, 0.25) is 5.02 Å². The van der Waals surface area contributed by atoms with Crippen molar-refractivity contribution >= 4 is 47.7 Å². The topological polar surface area (TPSA) is 129 Å². The van der Waals surface area contributed by atoms with Gasteiger partial charge in [0.25, 0.3) is 0 Å². The molecular formula is C25H25ClF2N3O6P. The molecule has 2 heterocycles. The zero-order valence-electron chi connectivity index (χ0n) is 20.2. The summed E-state index contributed by atoms with van der Waals surface area (Å²) in [6, 6.07) is 7.75. The minimum atomic E-state index is -4.37. The van der Waals surface area contributed by atoms with E-state index in [1.165, 1.54) is 48.0 Å². The number of rotatable bonds is 8. The molecule has 1 aromatic heterocycles. The summed E-state index contributed by atoms with van der Waals surface area (Å²) < 4.78 is 41.4. The summed E-state index contributed by atoms with van der Waals surface area (Å²) in [5.74, 6) is -2.20. The number of nitrogens with one attached hydrogen (secondary N) is 1. The third-order valence-electron chi connectivity index (χ3n) is 6.38. The van der Waals surface area contributed by atoms with Crippen LogP contribution in [0.3, 0.4) is 0 Å². The summed E-state index contributed by atoms with van der Waals surface area (Å²) in [5.41, 5.74) is 1.14. The van der Waals surface area contributed by atoms with Gasteiger partial charge in [-0.3, -0.25) is 18.9 Å². The van der Waals surface area contributed by atoms with E-state index in [-0.39, 0.29) is 42.4 Å². The van der Waals surface area contributed by atoms with Crippen molar-refractivity contribution in [3.8, 4) is 0 Å². The number of likely N-dealkylation sites (tertiary alicyclic amines) is 1. The number of hydrogen-bond acceptors (Lipinski definition) is 4. The first-order chi connectivity index (χ1) is 17.8. The molecule has 13 heteroatoms. The second-order valence-electron chi connectivity index (χ2n) is 9.23. The lowest BCUT2D eigenvalue weighted by molar-refractivity contribution is -0.139. The molecule has 1 fully saturated rings. The predicted octanol–water partition coefficient (Wildman–Crippen LogP) is 3.57. The van der Waals surface area contributed by atoms with Crippen molar-refractivity contribution in [3.05, 3.63) is 70.1 Å². The quantitative estimate of drug-likeness (QED) is 0.282. The van der Waals surface area contributed by atoms with Crippen LogP contribution in [0.4, 0.5) is 8.78 Å². The molecule has 2 amide bonds. The Hall–Kier alpha value is -3.11. The number of amides is 2. The van der Waals surface area contributed by atoms with Crippen molar-refractivity contribution in [2.24, 2.45) is 0 Å². The van der Waals surface area contributed by atoms with Crippen LogP contribution in [0.15, 0.2) is 42.6 Å². The standard InChI is InChI=1S/C25H25ClF2N3O6P/c1-14(32)19-11-30(21-7-15(5-6-18(19)21)13-38(35,36)37)12-23(33)31-10-17(27)8-22(31)25(34)29-9-16-3-2-4-20(26)24(16)28/h2-7,11,17,22H,8-10,12-13H2,1H3,(H,29,34)(H2,35,36,37)/t17-,22+/m1/s1. The van der Waals surface area contributed by atoms with Gasteiger partial charge in [-0.15, -0.1) is 0 Å². The lowest BCUT2D eigenvalue weighted by atomic mass is 10.1. The molecule has 2 atom stereocenters. The van der Waals surface area contributed by atoms with Crippen LogP contribution in [0.5, 0.6) is 0 Å². The number of nitrogens with zero attached hydrogens (tertiary/aromatic N) is 2. The molecule has 2 aromatic carbocycles. The summed E-state index contributed by atoms with van der Waals surface area (Å²) in [6.45, 7) is 0.488. The SMILES string of the molecule is CC(=O)c1cn(CC(=O)N2C[C@H](F)C[C@H]2C(=O)NCc2cccc(Cl)c2F)c2cc(CP(=O)(O)O)ccc12. The summed E-state index contributed by atoms with van der Waals surface area (Å²) in [7, 11) is -4.37. The molecule has 0 unspecified atom stereocenters. The van der Waals surface area contributed by atoms with Gasteiger partial charge in [0.15, 0.2) is 5.78 Å². The Labute approximate surface area is 221 Å². The maximum absolute atomic E-state index is 14.4. The third kappa shape index (κ3) is 6.13. The van der Waals surface area contributed by atoms with Crippen LogP contribution in [-0.2, 0) is 33.4 Å². The van der Waals surface area contributed by atoms with Crippen molar-refractivity contribution in [2.45, 2.75) is 44.8 Å². The molecule has 38 heavy (non-hydrogen) atoms. The Balaban J connectivity index is 1.55. The van der Waals surface area contributed by atoms with Crippen molar-refractivity contribution in [2.75, 3.05) is 6.54 Å². The maximum atomic E-state index is 14.4. The molecule has 9 nitrogen and oxygen atoms in total. The zero-order valence-corrected chi connectivity index (χ0v) is 21.9. The van der Waals surface area contributed by atoms with Crippen molar-refractivity contribution in [3.63, 3.8) is 0 Å². The molecule has 0 saturated carbocycles. The molecule has 1 aliphatic heterocycles. The Morgan fingerprint density at radius 2 is 1.95 bits per heavy atom. The Morgan fingerprint density at radius 3 is 2.63 bits per heavy atom.